The fourth-order valence-corrected chi connectivity index (χ4v) is 2.84. The number of nitrogens with zero attached hydrogens (tertiary/aromatic N) is 1. The van der Waals surface area contributed by atoms with Crippen molar-refractivity contribution in [2.75, 3.05) is 6.54 Å². The number of carbonyl (C=O) groups is 4. The summed E-state index contributed by atoms with van der Waals surface area (Å²) in [6, 6.07) is 6.80. The molecule has 1 saturated heterocycles. The first kappa shape index (κ1) is 17.7. The van der Waals surface area contributed by atoms with Crippen molar-refractivity contribution in [1.29, 1.82) is 0 Å². The van der Waals surface area contributed by atoms with Crippen LogP contribution in [0.15, 0.2) is 24.3 Å². The Morgan fingerprint density at radius 3 is 2.65 bits per heavy atom. The number of urea groups is 1. The second-order valence-corrected chi connectivity index (χ2v) is 6.72. The largest absolute Gasteiger partial charge is 0.480 e. The second kappa shape index (κ2) is 6.66. The van der Waals surface area contributed by atoms with E-state index in [9.17, 15) is 19.2 Å². The molecule has 9 nitrogen and oxygen atoms in total. The predicted octanol–water partition coefficient (Wildman–Crippen LogP) is -0.142. The van der Waals surface area contributed by atoms with Crippen molar-refractivity contribution < 1.29 is 23.9 Å². The molecule has 26 heavy (non-hydrogen) atoms. The molecular formula is C17H20N4O5. The third-order valence-electron chi connectivity index (χ3n) is 4.27. The van der Waals surface area contributed by atoms with Gasteiger partial charge >= 0.3 is 6.03 Å². The molecule has 0 saturated carbocycles. The third kappa shape index (κ3) is 3.46. The lowest BCUT2D eigenvalue weighted by Gasteiger charge is -2.16. The van der Waals surface area contributed by atoms with Crippen LogP contribution in [0.2, 0.25) is 0 Å². The van der Waals surface area contributed by atoms with Gasteiger partial charge in [0.15, 0.2) is 6.10 Å². The van der Waals surface area contributed by atoms with E-state index in [1.165, 1.54) is 0 Å². The van der Waals surface area contributed by atoms with Crippen molar-refractivity contribution in [1.82, 2.24) is 21.1 Å². The van der Waals surface area contributed by atoms with Gasteiger partial charge in [0.05, 0.1) is 0 Å². The zero-order valence-electron chi connectivity index (χ0n) is 14.5. The molecule has 1 atom stereocenters. The molecule has 138 valence electrons. The Morgan fingerprint density at radius 1 is 1.27 bits per heavy atom. The van der Waals surface area contributed by atoms with Gasteiger partial charge in [-0.15, -0.1) is 0 Å². The summed E-state index contributed by atoms with van der Waals surface area (Å²) in [5, 5.41) is 2.53. The number of hydrogen-bond acceptors (Lipinski definition) is 5. The Hall–Kier alpha value is -3.10. The molecule has 5 amide bonds. The number of benzene rings is 1. The number of imide groups is 1. The SMILES string of the molecule is CC1(C)NC(=O)N(CCC(=O)NNC(=O)[C@@H]2Cc3ccccc3O2)C1=O. The number of amides is 5. The van der Waals surface area contributed by atoms with Crippen LogP contribution in [0, 0.1) is 0 Å². The van der Waals surface area contributed by atoms with Crippen molar-refractivity contribution in [3.63, 3.8) is 0 Å². The van der Waals surface area contributed by atoms with Crippen LogP contribution < -0.4 is 20.9 Å². The Bertz CT molecular complexity index is 751. The highest BCUT2D eigenvalue weighted by molar-refractivity contribution is 6.06. The maximum Gasteiger partial charge on any atom is 0.325 e. The zero-order valence-corrected chi connectivity index (χ0v) is 14.5. The molecule has 0 radical (unpaired) electrons. The minimum atomic E-state index is -0.976. The van der Waals surface area contributed by atoms with E-state index in [1.54, 1.807) is 19.9 Å². The van der Waals surface area contributed by atoms with E-state index in [2.05, 4.69) is 16.2 Å². The fraction of sp³-hybridized carbons (Fsp3) is 0.412. The van der Waals surface area contributed by atoms with Gasteiger partial charge in [-0.3, -0.25) is 30.1 Å². The molecule has 2 aliphatic heterocycles. The number of carbonyl (C=O) groups excluding carboxylic acids is 4. The lowest BCUT2D eigenvalue weighted by Crippen LogP contribution is -2.48. The highest BCUT2D eigenvalue weighted by atomic mass is 16.5. The van der Waals surface area contributed by atoms with Crippen LogP contribution in [0.5, 0.6) is 5.75 Å². The summed E-state index contributed by atoms with van der Waals surface area (Å²) in [6.45, 7) is 3.11. The zero-order chi connectivity index (χ0) is 18.9. The van der Waals surface area contributed by atoms with E-state index in [-0.39, 0.29) is 13.0 Å². The molecular weight excluding hydrogens is 340 g/mol. The Balaban J connectivity index is 1.43. The van der Waals surface area contributed by atoms with Crippen LogP contribution in [0.1, 0.15) is 25.8 Å². The van der Waals surface area contributed by atoms with Crippen molar-refractivity contribution in [2.45, 2.75) is 38.3 Å². The van der Waals surface area contributed by atoms with Crippen molar-refractivity contribution in [3.05, 3.63) is 29.8 Å². The molecule has 1 aromatic carbocycles. The first-order chi connectivity index (χ1) is 12.3. The van der Waals surface area contributed by atoms with Crippen molar-refractivity contribution in [3.8, 4) is 5.75 Å². The van der Waals surface area contributed by atoms with Gasteiger partial charge in [0, 0.05) is 19.4 Å². The smallest absolute Gasteiger partial charge is 0.325 e. The number of hydrogen-bond donors (Lipinski definition) is 3. The first-order valence-corrected chi connectivity index (χ1v) is 8.25. The van der Waals surface area contributed by atoms with Gasteiger partial charge in [-0.25, -0.2) is 4.79 Å². The number of ether oxygens (including phenoxy) is 1. The topological polar surface area (TPSA) is 117 Å². The standard InChI is InChI=1S/C17H20N4O5/c1-17(2)15(24)21(16(25)18-17)8-7-13(22)19-20-14(23)12-9-10-5-3-4-6-11(10)26-12/h3-6,12H,7-9H2,1-2H3,(H,18,25)(H,19,22)(H,20,23)/t12-/m0/s1. The van der Waals surface area contributed by atoms with Gasteiger partial charge in [0.2, 0.25) is 5.91 Å². The highest BCUT2D eigenvalue weighted by Crippen LogP contribution is 2.27. The molecule has 1 fully saturated rings. The molecule has 2 heterocycles. The van der Waals surface area contributed by atoms with Crippen LogP contribution in [0.25, 0.3) is 0 Å². The Morgan fingerprint density at radius 2 is 2.00 bits per heavy atom. The average Bonchev–Trinajstić information content (AvgIpc) is 3.10. The lowest BCUT2D eigenvalue weighted by molar-refractivity contribution is -0.133. The summed E-state index contributed by atoms with van der Waals surface area (Å²) >= 11 is 0. The molecule has 2 aliphatic rings. The lowest BCUT2D eigenvalue weighted by atomic mass is 10.1. The molecule has 3 N–H and O–H groups in total. The van der Waals surface area contributed by atoms with E-state index in [4.69, 9.17) is 4.74 Å². The molecule has 0 aliphatic carbocycles. The van der Waals surface area contributed by atoms with Gasteiger partial charge in [0.25, 0.3) is 11.8 Å². The molecule has 1 aromatic rings. The summed E-state index contributed by atoms with van der Waals surface area (Å²) < 4.78 is 5.52. The number of para-hydroxylation sites is 1. The molecule has 0 aromatic heterocycles. The molecule has 3 rings (SSSR count). The summed E-state index contributed by atoms with van der Waals surface area (Å²) in [4.78, 5) is 48.7. The van der Waals surface area contributed by atoms with Gasteiger partial charge in [-0.05, 0) is 25.5 Å². The quantitative estimate of drug-likeness (QED) is 0.510. The normalized spacial score (nSPS) is 20.2. The molecule has 0 unspecified atom stereocenters. The van der Waals surface area contributed by atoms with Crippen LogP contribution >= 0.6 is 0 Å². The van der Waals surface area contributed by atoms with Crippen LogP contribution in [0.4, 0.5) is 4.79 Å². The maximum absolute atomic E-state index is 12.1. The predicted molar refractivity (Wildman–Crippen MR) is 89.8 cm³/mol. The minimum Gasteiger partial charge on any atom is -0.480 e. The molecule has 0 bridgehead atoms. The van der Waals surface area contributed by atoms with Gasteiger partial charge in [-0.1, -0.05) is 18.2 Å². The van der Waals surface area contributed by atoms with E-state index in [1.807, 2.05) is 18.2 Å². The average molecular weight is 360 g/mol. The summed E-state index contributed by atoms with van der Waals surface area (Å²) in [7, 11) is 0. The molecule has 0 spiro atoms. The number of fused-ring (bicyclic) bond motifs is 1. The van der Waals surface area contributed by atoms with E-state index >= 15 is 0 Å². The first-order valence-electron chi connectivity index (χ1n) is 8.25. The third-order valence-corrected chi connectivity index (χ3v) is 4.27. The van der Waals surface area contributed by atoms with Crippen LogP contribution in [-0.4, -0.2) is 46.8 Å². The minimum absolute atomic E-state index is 0.0683. The van der Waals surface area contributed by atoms with Gasteiger partial charge < -0.3 is 10.1 Å². The number of hydrazine groups is 1. The fourth-order valence-electron chi connectivity index (χ4n) is 2.84. The number of nitrogens with one attached hydrogen (secondary N) is 3. The maximum atomic E-state index is 12.1. The van der Waals surface area contributed by atoms with Crippen molar-refractivity contribution in [2.24, 2.45) is 0 Å². The van der Waals surface area contributed by atoms with Crippen molar-refractivity contribution >= 4 is 23.8 Å². The van der Waals surface area contributed by atoms with Gasteiger partial charge in [-0.2, -0.15) is 0 Å². The van der Waals surface area contributed by atoms with Crippen LogP contribution in [0.3, 0.4) is 0 Å². The Labute approximate surface area is 150 Å². The monoisotopic (exact) mass is 360 g/mol. The summed E-state index contributed by atoms with van der Waals surface area (Å²) in [5.74, 6) is -0.721. The summed E-state index contributed by atoms with van der Waals surface area (Å²) in [5.41, 5.74) is 4.53. The second-order valence-electron chi connectivity index (χ2n) is 6.72. The summed E-state index contributed by atoms with van der Waals surface area (Å²) in [6.07, 6.45) is -0.407. The van der Waals surface area contributed by atoms with Crippen LogP contribution in [-0.2, 0) is 20.8 Å². The van der Waals surface area contributed by atoms with Gasteiger partial charge in [0.1, 0.15) is 11.3 Å². The van der Waals surface area contributed by atoms with E-state index < -0.39 is 35.4 Å². The van der Waals surface area contributed by atoms with E-state index in [0.717, 1.165) is 10.5 Å². The molecule has 9 heteroatoms. The Kier molecular flexibility index (Phi) is 4.54. The highest BCUT2D eigenvalue weighted by Gasteiger charge is 2.44. The van der Waals surface area contributed by atoms with E-state index in [0.29, 0.717) is 12.2 Å². The number of rotatable bonds is 4.